The topological polar surface area (TPSA) is 40.5 Å². The van der Waals surface area contributed by atoms with E-state index in [0.29, 0.717) is 25.0 Å². The molecule has 1 aliphatic heterocycles. The first-order chi connectivity index (χ1) is 9.29. The van der Waals surface area contributed by atoms with Gasteiger partial charge in [0.15, 0.2) is 0 Å². The first-order valence-corrected chi connectivity index (χ1v) is 6.12. The number of rotatable bonds is 2. The zero-order chi connectivity index (χ0) is 14.9. The van der Waals surface area contributed by atoms with Gasteiger partial charge in [-0.3, -0.25) is 4.79 Å². The molecule has 20 heavy (non-hydrogen) atoms. The maximum atomic E-state index is 13.6. The zero-order valence-electron chi connectivity index (χ0n) is 10.5. The van der Waals surface area contributed by atoms with Gasteiger partial charge in [0.25, 0.3) is 0 Å². The largest absolute Gasteiger partial charge is 0.416 e. The van der Waals surface area contributed by atoms with Gasteiger partial charge in [-0.2, -0.15) is 13.2 Å². The summed E-state index contributed by atoms with van der Waals surface area (Å²) >= 11 is 0. The molecule has 1 unspecified atom stereocenters. The van der Waals surface area contributed by atoms with Gasteiger partial charge in [-0.1, -0.05) is 0 Å². The molecule has 3 nitrogen and oxygen atoms in total. The standard InChI is InChI=1S/C13H13F4NO2/c14-10-5-4-9(13(15,16)17)6-8(10)7-18-11(19)2-1-3-12(18)20/h4-6,11,19H,1-3,7H2. The Balaban J connectivity index is 2.26. The van der Waals surface area contributed by atoms with Crippen molar-refractivity contribution in [2.45, 2.75) is 38.2 Å². The monoisotopic (exact) mass is 291 g/mol. The van der Waals surface area contributed by atoms with Gasteiger partial charge in [-0.25, -0.2) is 4.39 Å². The number of benzene rings is 1. The van der Waals surface area contributed by atoms with Gasteiger partial charge < -0.3 is 10.0 Å². The third-order valence-corrected chi connectivity index (χ3v) is 3.25. The molecule has 1 heterocycles. The predicted octanol–water partition coefficient (Wildman–Crippen LogP) is 2.68. The number of hydrogen-bond acceptors (Lipinski definition) is 2. The number of alkyl halides is 3. The Bertz CT molecular complexity index is 516. The van der Waals surface area contributed by atoms with E-state index in [1.165, 1.54) is 0 Å². The Labute approximate surface area is 112 Å². The Morgan fingerprint density at radius 1 is 1.35 bits per heavy atom. The molecule has 1 amide bonds. The highest BCUT2D eigenvalue weighted by Gasteiger charge is 2.32. The Morgan fingerprint density at radius 2 is 2.05 bits per heavy atom. The summed E-state index contributed by atoms with van der Waals surface area (Å²) in [6.07, 6.45) is -4.59. The van der Waals surface area contributed by atoms with Gasteiger partial charge in [-0.15, -0.1) is 0 Å². The summed E-state index contributed by atoms with van der Waals surface area (Å²) in [5.74, 6) is -1.22. The number of aliphatic hydroxyl groups is 1. The molecule has 0 aliphatic carbocycles. The third kappa shape index (κ3) is 3.09. The number of nitrogens with zero attached hydrogens (tertiary/aromatic N) is 1. The van der Waals surface area contributed by atoms with Crippen molar-refractivity contribution >= 4 is 5.91 Å². The number of carbonyl (C=O) groups excluding carboxylic acids is 1. The summed E-state index contributed by atoms with van der Waals surface area (Å²) < 4.78 is 51.3. The molecule has 1 saturated heterocycles. The first-order valence-electron chi connectivity index (χ1n) is 6.12. The van der Waals surface area contributed by atoms with Gasteiger partial charge in [0.05, 0.1) is 12.1 Å². The quantitative estimate of drug-likeness (QED) is 0.851. The fourth-order valence-corrected chi connectivity index (χ4v) is 2.15. The van der Waals surface area contributed by atoms with Gasteiger partial charge in [0, 0.05) is 12.0 Å². The van der Waals surface area contributed by atoms with Gasteiger partial charge in [0.1, 0.15) is 12.0 Å². The Morgan fingerprint density at radius 3 is 2.65 bits per heavy atom. The van der Waals surface area contributed by atoms with E-state index < -0.39 is 23.8 Å². The van der Waals surface area contributed by atoms with Crippen LogP contribution in [0.3, 0.4) is 0 Å². The molecule has 110 valence electrons. The second-order valence-corrected chi connectivity index (χ2v) is 4.70. The maximum Gasteiger partial charge on any atom is 0.416 e. The van der Waals surface area contributed by atoms with Crippen molar-refractivity contribution in [2.24, 2.45) is 0 Å². The smallest absolute Gasteiger partial charge is 0.374 e. The maximum absolute atomic E-state index is 13.6. The van der Waals surface area contributed by atoms with Crippen LogP contribution in [0, 0.1) is 5.82 Å². The third-order valence-electron chi connectivity index (χ3n) is 3.25. The molecule has 1 aromatic carbocycles. The summed E-state index contributed by atoms with van der Waals surface area (Å²) in [7, 11) is 0. The van der Waals surface area contributed by atoms with Crippen LogP contribution in [-0.4, -0.2) is 22.1 Å². The van der Waals surface area contributed by atoms with E-state index in [-0.39, 0.29) is 24.4 Å². The fourth-order valence-electron chi connectivity index (χ4n) is 2.15. The van der Waals surface area contributed by atoms with Crippen LogP contribution >= 0.6 is 0 Å². The fraction of sp³-hybridized carbons (Fsp3) is 0.462. The van der Waals surface area contributed by atoms with Crippen LogP contribution in [-0.2, 0) is 17.5 Å². The van der Waals surface area contributed by atoms with Crippen molar-refractivity contribution in [3.05, 3.63) is 35.1 Å². The lowest BCUT2D eigenvalue weighted by atomic mass is 10.1. The van der Waals surface area contributed by atoms with E-state index in [9.17, 15) is 27.5 Å². The highest BCUT2D eigenvalue weighted by atomic mass is 19.4. The summed E-state index contributed by atoms with van der Waals surface area (Å²) in [5, 5.41) is 9.68. The number of halogens is 4. The molecule has 1 fully saturated rings. The van der Waals surface area contributed by atoms with E-state index >= 15 is 0 Å². The van der Waals surface area contributed by atoms with Crippen molar-refractivity contribution in [1.82, 2.24) is 4.90 Å². The van der Waals surface area contributed by atoms with Crippen molar-refractivity contribution in [3.63, 3.8) is 0 Å². The van der Waals surface area contributed by atoms with E-state index in [2.05, 4.69) is 0 Å². The van der Waals surface area contributed by atoms with E-state index in [1.807, 2.05) is 0 Å². The number of aliphatic hydroxyl groups excluding tert-OH is 1. The normalized spacial score (nSPS) is 20.4. The lowest BCUT2D eigenvalue weighted by Crippen LogP contribution is -2.43. The van der Waals surface area contributed by atoms with E-state index in [0.717, 1.165) is 11.0 Å². The summed E-state index contributed by atoms with van der Waals surface area (Å²) in [6, 6.07) is 2.04. The van der Waals surface area contributed by atoms with Crippen LogP contribution in [0.15, 0.2) is 18.2 Å². The SMILES string of the molecule is O=C1CCCC(O)N1Cc1cc(C(F)(F)F)ccc1F. The van der Waals surface area contributed by atoms with Crippen LogP contribution < -0.4 is 0 Å². The molecular formula is C13H13F4NO2. The van der Waals surface area contributed by atoms with Crippen LogP contribution in [0.5, 0.6) is 0 Å². The molecule has 0 saturated carbocycles. The molecular weight excluding hydrogens is 278 g/mol. The number of carbonyl (C=O) groups is 1. The Hall–Kier alpha value is -1.63. The summed E-state index contributed by atoms with van der Waals surface area (Å²) in [6.45, 7) is -0.365. The summed E-state index contributed by atoms with van der Waals surface area (Å²) in [5.41, 5.74) is -1.23. The minimum atomic E-state index is -4.58. The van der Waals surface area contributed by atoms with Crippen LogP contribution in [0.2, 0.25) is 0 Å². The minimum Gasteiger partial charge on any atom is -0.374 e. The molecule has 0 radical (unpaired) electrons. The lowest BCUT2D eigenvalue weighted by Gasteiger charge is -2.32. The van der Waals surface area contributed by atoms with Crippen LogP contribution in [0.25, 0.3) is 0 Å². The van der Waals surface area contributed by atoms with Gasteiger partial charge in [0.2, 0.25) is 5.91 Å². The average Bonchev–Trinajstić information content (AvgIpc) is 2.34. The zero-order valence-corrected chi connectivity index (χ0v) is 10.5. The van der Waals surface area contributed by atoms with Crippen molar-refractivity contribution in [3.8, 4) is 0 Å². The van der Waals surface area contributed by atoms with Crippen molar-refractivity contribution in [1.29, 1.82) is 0 Å². The predicted molar refractivity (Wildman–Crippen MR) is 61.8 cm³/mol. The molecule has 1 aromatic rings. The highest BCUT2D eigenvalue weighted by Crippen LogP contribution is 2.31. The molecule has 2 rings (SSSR count). The van der Waals surface area contributed by atoms with Crippen molar-refractivity contribution < 1.29 is 27.5 Å². The van der Waals surface area contributed by atoms with Gasteiger partial charge in [-0.05, 0) is 31.0 Å². The molecule has 0 bridgehead atoms. The molecule has 1 N–H and O–H groups in total. The number of amides is 1. The van der Waals surface area contributed by atoms with Gasteiger partial charge >= 0.3 is 6.18 Å². The molecule has 0 spiro atoms. The minimum absolute atomic E-state index is 0.206. The number of likely N-dealkylation sites (tertiary alicyclic amines) is 1. The van der Waals surface area contributed by atoms with E-state index in [1.54, 1.807) is 0 Å². The first kappa shape index (κ1) is 14.8. The second-order valence-electron chi connectivity index (χ2n) is 4.70. The van der Waals surface area contributed by atoms with E-state index in [4.69, 9.17) is 0 Å². The lowest BCUT2D eigenvalue weighted by molar-refractivity contribution is -0.147. The molecule has 1 aliphatic rings. The van der Waals surface area contributed by atoms with Crippen molar-refractivity contribution in [2.75, 3.05) is 0 Å². The van der Waals surface area contributed by atoms with Crippen LogP contribution in [0.4, 0.5) is 17.6 Å². The second kappa shape index (κ2) is 5.40. The molecule has 1 atom stereocenters. The van der Waals surface area contributed by atoms with Crippen LogP contribution in [0.1, 0.15) is 30.4 Å². The summed E-state index contributed by atoms with van der Waals surface area (Å²) in [4.78, 5) is 12.6. The number of piperidine rings is 1. The Kier molecular flexibility index (Phi) is 3.99. The molecule has 0 aromatic heterocycles. The average molecular weight is 291 g/mol. The number of hydrogen-bond donors (Lipinski definition) is 1. The highest BCUT2D eigenvalue weighted by molar-refractivity contribution is 5.77. The molecule has 7 heteroatoms.